The summed E-state index contributed by atoms with van der Waals surface area (Å²) < 4.78 is 30.5. The molecule has 1 N–H and O–H groups in total. The van der Waals surface area contributed by atoms with Crippen LogP contribution in [0.1, 0.15) is 74.1 Å². The number of hydrogen-bond donors (Lipinski definition) is 1. The van der Waals surface area contributed by atoms with Crippen molar-refractivity contribution in [3.8, 4) is 11.4 Å². The van der Waals surface area contributed by atoms with E-state index in [9.17, 15) is 9.18 Å². The lowest BCUT2D eigenvalue weighted by Crippen LogP contribution is -2.42. The summed E-state index contributed by atoms with van der Waals surface area (Å²) in [5.74, 6) is -0.810. The van der Waals surface area contributed by atoms with Crippen molar-refractivity contribution in [1.29, 1.82) is 0 Å². The van der Waals surface area contributed by atoms with E-state index in [0.29, 0.717) is 30.3 Å². The summed E-state index contributed by atoms with van der Waals surface area (Å²) >= 11 is 0. The van der Waals surface area contributed by atoms with Crippen molar-refractivity contribution in [2.24, 2.45) is 10.3 Å². The maximum Gasteiger partial charge on any atom is 0.356 e. The number of carboxylic acid groups (broad SMARTS) is 1. The third kappa shape index (κ3) is 13.5. The molecule has 0 saturated heterocycles. The Bertz CT molecular complexity index is 1250. The van der Waals surface area contributed by atoms with E-state index in [1.165, 1.54) is 12.1 Å². The fourth-order valence-electron chi connectivity index (χ4n) is 2.67. The van der Waals surface area contributed by atoms with E-state index in [-0.39, 0.29) is 40.7 Å². The number of rotatable bonds is 15. The Kier molecular flexibility index (Phi) is 15.7. The van der Waals surface area contributed by atoms with Crippen LogP contribution in [0.25, 0.3) is 11.4 Å². The van der Waals surface area contributed by atoms with E-state index < -0.39 is 22.6 Å². The molecular weight excluding hydrogens is 616 g/mol. The average Bonchev–Trinajstić information content (AvgIpc) is 3.42. The standard InChI is InChI=1S/C19H28FN3O3Si.C12H25NO4Si/c1-7-12-24-22-16(13-25-27(5,6)19(2,3)4)18-21-17(23-26-18)14-8-10-15(20)11-9-14;1-7-8-16-13-10(11(14)15)9-17-18(5,6)12(2,3)4/h8-11H,7,12-13H2,1-6H3;7-9H2,1-6H3,(H,14,15). The summed E-state index contributed by atoms with van der Waals surface area (Å²) in [6, 6.07) is 5.90. The molecule has 0 radical (unpaired) electrons. The van der Waals surface area contributed by atoms with E-state index >= 15 is 0 Å². The summed E-state index contributed by atoms with van der Waals surface area (Å²) in [6.07, 6.45) is 1.63. The van der Waals surface area contributed by atoms with Gasteiger partial charge in [0, 0.05) is 5.56 Å². The molecule has 0 saturated carbocycles. The van der Waals surface area contributed by atoms with Crippen LogP contribution < -0.4 is 0 Å². The predicted molar refractivity (Wildman–Crippen MR) is 180 cm³/mol. The molecule has 0 fully saturated rings. The summed E-state index contributed by atoms with van der Waals surface area (Å²) in [6.45, 7) is 26.3. The maximum absolute atomic E-state index is 13.1. The van der Waals surface area contributed by atoms with Gasteiger partial charge in [-0.15, -0.1) is 0 Å². The van der Waals surface area contributed by atoms with Crippen molar-refractivity contribution >= 4 is 34.0 Å². The molecule has 1 aromatic carbocycles. The van der Waals surface area contributed by atoms with Crippen molar-refractivity contribution in [2.75, 3.05) is 26.4 Å². The Balaban J connectivity index is 0.000000492. The number of carboxylic acids is 1. The van der Waals surface area contributed by atoms with Crippen LogP contribution in [0, 0.1) is 5.82 Å². The SMILES string of the molecule is CCCON=C(CO[Si](C)(C)C(C)(C)C)C(=O)O.CCCON=C(CO[Si](C)(C)C(C)(C)C)c1nc(-c2ccc(F)cc2)no1. The number of nitrogens with zero attached hydrogens (tertiary/aromatic N) is 4. The third-order valence-electron chi connectivity index (χ3n) is 7.71. The van der Waals surface area contributed by atoms with Gasteiger partial charge in [-0.25, -0.2) is 9.18 Å². The summed E-state index contributed by atoms with van der Waals surface area (Å²) in [5, 5.41) is 20.8. The van der Waals surface area contributed by atoms with Crippen molar-refractivity contribution in [3.05, 3.63) is 36.0 Å². The van der Waals surface area contributed by atoms with Crippen molar-refractivity contribution < 1.29 is 37.3 Å². The van der Waals surface area contributed by atoms with Crippen LogP contribution >= 0.6 is 0 Å². The quantitative estimate of drug-likeness (QED) is 0.0868. The highest BCUT2D eigenvalue weighted by Crippen LogP contribution is 2.37. The van der Waals surface area contributed by atoms with Gasteiger partial charge in [0.05, 0.1) is 13.2 Å². The van der Waals surface area contributed by atoms with E-state index in [2.05, 4.69) is 88.2 Å². The number of halogens is 1. The highest BCUT2D eigenvalue weighted by molar-refractivity contribution is 6.74. The number of oxime groups is 2. The third-order valence-corrected chi connectivity index (χ3v) is 16.7. The van der Waals surface area contributed by atoms with E-state index in [0.717, 1.165) is 12.8 Å². The lowest BCUT2D eigenvalue weighted by Gasteiger charge is -2.35. The number of carbonyl (C=O) groups is 1. The van der Waals surface area contributed by atoms with Crippen LogP contribution in [0.2, 0.25) is 36.3 Å². The van der Waals surface area contributed by atoms with Crippen LogP contribution in [-0.4, -0.2) is 75.7 Å². The second-order valence-corrected chi connectivity index (χ2v) is 23.2. The van der Waals surface area contributed by atoms with Gasteiger partial charge in [-0.3, -0.25) is 0 Å². The van der Waals surface area contributed by atoms with Crippen LogP contribution in [-0.2, 0) is 23.3 Å². The first-order chi connectivity index (χ1) is 20.8. The largest absolute Gasteiger partial charge is 0.477 e. The van der Waals surface area contributed by atoms with Gasteiger partial charge in [-0.05, 0) is 73.4 Å². The van der Waals surface area contributed by atoms with Crippen LogP contribution in [0.15, 0.2) is 39.1 Å². The first kappa shape index (κ1) is 40.1. The molecule has 2 rings (SSSR count). The van der Waals surface area contributed by atoms with Crippen LogP contribution in [0.5, 0.6) is 0 Å². The molecular formula is C31H53FN4O7Si2. The molecule has 0 aliphatic rings. The lowest BCUT2D eigenvalue weighted by molar-refractivity contribution is -0.129. The van der Waals surface area contributed by atoms with Gasteiger partial charge in [-0.1, -0.05) is 70.9 Å². The first-order valence-electron chi connectivity index (χ1n) is 15.2. The zero-order valence-corrected chi connectivity index (χ0v) is 31.1. The van der Waals surface area contributed by atoms with Crippen molar-refractivity contribution in [1.82, 2.24) is 10.1 Å². The molecule has 0 unspecified atom stereocenters. The molecule has 0 amide bonds. The minimum atomic E-state index is -1.98. The maximum atomic E-state index is 13.1. The second-order valence-electron chi connectivity index (χ2n) is 13.6. The molecule has 1 heterocycles. The number of hydrogen-bond acceptors (Lipinski definition) is 10. The molecule has 0 spiro atoms. The predicted octanol–water partition coefficient (Wildman–Crippen LogP) is 7.90. The van der Waals surface area contributed by atoms with Gasteiger partial charge in [0.2, 0.25) is 5.82 Å². The Morgan fingerprint density at radius 3 is 1.82 bits per heavy atom. The fourth-order valence-corrected chi connectivity index (χ4v) is 4.53. The average molecular weight is 669 g/mol. The molecule has 14 heteroatoms. The monoisotopic (exact) mass is 668 g/mol. The van der Waals surface area contributed by atoms with Gasteiger partial charge < -0.3 is 28.2 Å². The Hall–Kier alpha value is -2.95. The van der Waals surface area contributed by atoms with Crippen LogP contribution in [0.3, 0.4) is 0 Å². The Morgan fingerprint density at radius 2 is 1.36 bits per heavy atom. The lowest BCUT2D eigenvalue weighted by atomic mass is 10.2. The molecule has 0 aliphatic heterocycles. The summed E-state index contributed by atoms with van der Waals surface area (Å²) in [5.41, 5.74) is 1.04. The molecule has 1 aromatic heterocycles. The van der Waals surface area contributed by atoms with Gasteiger partial charge in [0.15, 0.2) is 28.1 Å². The van der Waals surface area contributed by atoms with E-state index in [1.807, 2.05) is 13.8 Å². The number of aromatic nitrogens is 2. The zero-order chi connectivity index (χ0) is 34.5. The zero-order valence-electron chi connectivity index (χ0n) is 29.1. The molecule has 0 atom stereocenters. The normalized spacial score (nSPS) is 13.3. The summed E-state index contributed by atoms with van der Waals surface area (Å²) in [7, 11) is -3.94. The second kappa shape index (κ2) is 17.7. The molecule has 45 heavy (non-hydrogen) atoms. The van der Waals surface area contributed by atoms with Crippen molar-refractivity contribution in [3.63, 3.8) is 0 Å². The summed E-state index contributed by atoms with van der Waals surface area (Å²) in [4.78, 5) is 25.6. The topological polar surface area (TPSA) is 138 Å². The van der Waals surface area contributed by atoms with Gasteiger partial charge in [0.1, 0.15) is 19.0 Å². The minimum absolute atomic E-state index is 0.00442. The molecule has 0 aliphatic carbocycles. The van der Waals surface area contributed by atoms with Gasteiger partial charge >= 0.3 is 5.97 Å². The fraction of sp³-hybridized carbons (Fsp3) is 0.645. The molecule has 254 valence electrons. The Labute approximate surface area is 269 Å². The van der Waals surface area contributed by atoms with Crippen LogP contribution in [0.4, 0.5) is 4.39 Å². The highest BCUT2D eigenvalue weighted by atomic mass is 28.4. The molecule has 0 bridgehead atoms. The molecule has 2 aromatic rings. The molecule has 11 nitrogen and oxygen atoms in total. The highest BCUT2D eigenvalue weighted by Gasteiger charge is 2.38. The van der Waals surface area contributed by atoms with Gasteiger partial charge in [-0.2, -0.15) is 4.98 Å². The first-order valence-corrected chi connectivity index (χ1v) is 21.1. The van der Waals surface area contributed by atoms with Gasteiger partial charge in [0.25, 0.3) is 5.89 Å². The van der Waals surface area contributed by atoms with Crippen molar-refractivity contribution in [2.45, 2.75) is 104 Å². The number of aliphatic carboxylic acids is 1. The minimum Gasteiger partial charge on any atom is -0.477 e. The van der Waals surface area contributed by atoms with E-state index in [4.69, 9.17) is 28.2 Å². The smallest absolute Gasteiger partial charge is 0.356 e. The Morgan fingerprint density at radius 1 is 0.867 bits per heavy atom. The number of benzene rings is 1. The van der Waals surface area contributed by atoms with E-state index in [1.54, 1.807) is 12.1 Å².